The molecule has 2 nitrogen and oxygen atoms in total. The van der Waals surface area contributed by atoms with Gasteiger partial charge in [0.2, 0.25) is 0 Å². The van der Waals surface area contributed by atoms with Crippen LogP contribution in [0.25, 0.3) is 6.08 Å². The van der Waals surface area contributed by atoms with Crippen LogP contribution in [-0.4, -0.2) is 11.1 Å². The van der Waals surface area contributed by atoms with E-state index in [1.807, 2.05) is 0 Å². The first-order chi connectivity index (χ1) is 6.86. The van der Waals surface area contributed by atoms with E-state index < -0.39 is 23.3 Å². The number of carbonyl (C=O) groups is 1. The highest BCUT2D eigenvalue weighted by atomic mass is 19.4. The van der Waals surface area contributed by atoms with Crippen molar-refractivity contribution in [2.24, 2.45) is 0 Å². The molecule has 1 aromatic carbocycles. The summed E-state index contributed by atoms with van der Waals surface area (Å²) >= 11 is 0. The fourth-order valence-electron chi connectivity index (χ4n) is 1.11. The summed E-state index contributed by atoms with van der Waals surface area (Å²) in [6, 6.07) is 2.95. The van der Waals surface area contributed by atoms with Gasteiger partial charge in [-0.2, -0.15) is 13.2 Å². The van der Waals surface area contributed by atoms with Crippen LogP contribution in [0.5, 0.6) is 0 Å². The van der Waals surface area contributed by atoms with Crippen LogP contribution >= 0.6 is 0 Å². The van der Waals surface area contributed by atoms with Crippen LogP contribution in [-0.2, 0) is 6.18 Å². The summed E-state index contributed by atoms with van der Waals surface area (Å²) in [5.74, 6) is -1.60. The Morgan fingerprint density at radius 2 is 2.00 bits per heavy atom. The van der Waals surface area contributed by atoms with Gasteiger partial charge in [-0.15, -0.1) is 0 Å². The molecular weight excluding hydrogens is 209 g/mol. The Kier molecular flexibility index (Phi) is 2.83. The second-order valence-corrected chi connectivity index (χ2v) is 2.81. The van der Waals surface area contributed by atoms with Crippen LogP contribution in [0.4, 0.5) is 13.2 Å². The molecular formula is C10H7F3O2. The monoisotopic (exact) mass is 216 g/mol. The molecule has 0 aromatic heterocycles. The number of hydrogen-bond acceptors (Lipinski definition) is 1. The average molecular weight is 216 g/mol. The molecule has 1 N–H and O–H groups in total. The lowest BCUT2D eigenvalue weighted by Crippen LogP contribution is -2.12. The van der Waals surface area contributed by atoms with E-state index in [0.29, 0.717) is 0 Å². The molecule has 1 aromatic rings. The number of aromatic carboxylic acids is 1. The molecule has 0 saturated carbocycles. The molecule has 0 saturated heterocycles. The number of halogens is 3. The topological polar surface area (TPSA) is 37.3 Å². The van der Waals surface area contributed by atoms with E-state index in [1.54, 1.807) is 0 Å². The molecule has 5 heteroatoms. The van der Waals surface area contributed by atoms with Crippen molar-refractivity contribution in [1.29, 1.82) is 0 Å². The van der Waals surface area contributed by atoms with E-state index in [0.717, 1.165) is 12.1 Å². The average Bonchev–Trinajstić information content (AvgIpc) is 2.15. The molecule has 1 rings (SSSR count). The third kappa shape index (κ3) is 2.37. The number of rotatable bonds is 2. The summed E-state index contributed by atoms with van der Waals surface area (Å²) in [5, 5.41) is 8.57. The summed E-state index contributed by atoms with van der Waals surface area (Å²) in [7, 11) is 0. The molecule has 0 aliphatic carbocycles. The van der Waals surface area contributed by atoms with Crippen LogP contribution in [0, 0.1) is 0 Å². The number of carboxylic acids is 1. The van der Waals surface area contributed by atoms with Gasteiger partial charge in [-0.1, -0.05) is 18.7 Å². The fourth-order valence-corrected chi connectivity index (χ4v) is 1.11. The summed E-state index contributed by atoms with van der Waals surface area (Å²) in [4.78, 5) is 10.5. The maximum Gasteiger partial charge on any atom is 0.417 e. The Bertz CT molecular complexity index is 408. The smallest absolute Gasteiger partial charge is 0.417 e. The van der Waals surface area contributed by atoms with E-state index in [1.165, 1.54) is 12.1 Å². The second-order valence-electron chi connectivity index (χ2n) is 2.81. The number of alkyl halides is 3. The summed E-state index contributed by atoms with van der Waals surface area (Å²) in [6.07, 6.45) is -3.45. The van der Waals surface area contributed by atoms with Crippen molar-refractivity contribution in [1.82, 2.24) is 0 Å². The second kappa shape index (κ2) is 3.76. The van der Waals surface area contributed by atoms with Crippen molar-refractivity contribution >= 4 is 12.0 Å². The molecule has 0 radical (unpaired) electrons. The number of benzene rings is 1. The third-order valence-corrected chi connectivity index (χ3v) is 1.82. The van der Waals surface area contributed by atoms with Gasteiger partial charge in [-0.3, -0.25) is 0 Å². The molecule has 80 valence electrons. The van der Waals surface area contributed by atoms with Gasteiger partial charge in [-0.05, 0) is 17.7 Å². The molecule has 0 atom stereocenters. The first-order valence-corrected chi connectivity index (χ1v) is 3.93. The molecule has 15 heavy (non-hydrogen) atoms. The van der Waals surface area contributed by atoms with Crippen LogP contribution in [0.1, 0.15) is 21.5 Å². The highest BCUT2D eigenvalue weighted by molar-refractivity contribution is 5.90. The van der Waals surface area contributed by atoms with Gasteiger partial charge in [0.15, 0.2) is 0 Å². The summed E-state index contributed by atoms with van der Waals surface area (Å²) in [5.41, 5.74) is -1.69. The molecule has 0 fully saturated rings. The Morgan fingerprint density at radius 1 is 1.40 bits per heavy atom. The Balaban J connectivity index is 3.42. The Hall–Kier alpha value is -1.78. The predicted molar refractivity (Wildman–Crippen MR) is 48.5 cm³/mol. The zero-order valence-electron chi connectivity index (χ0n) is 7.51. The van der Waals surface area contributed by atoms with E-state index in [9.17, 15) is 18.0 Å². The van der Waals surface area contributed by atoms with E-state index in [4.69, 9.17) is 5.11 Å². The largest absolute Gasteiger partial charge is 0.478 e. The van der Waals surface area contributed by atoms with Crippen LogP contribution in [0.3, 0.4) is 0 Å². The maximum absolute atomic E-state index is 12.4. The quantitative estimate of drug-likeness (QED) is 0.824. The van der Waals surface area contributed by atoms with Gasteiger partial charge >= 0.3 is 12.1 Å². The lowest BCUT2D eigenvalue weighted by atomic mass is 10.0. The number of hydrogen-bond donors (Lipinski definition) is 1. The normalized spacial score (nSPS) is 11.1. The van der Waals surface area contributed by atoms with Gasteiger partial charge < -0.3 is 5.11 Å². The SMILES string of the molecule is C=Cc1ccc(C(=O)O)c(C(F)(F)F)c1. The zero-order chi connectivity index (χ0) is 11.6. The van der Waals surface area contributed by atoms with Gasteiger partial charge in [0, 0.05) is 0 Å². The van der Waals surface area contributed by atoms with Crippen molar-refractivity contribution in [3.05, 3.63) is 41.5 Å². The molecule has 0 heterocycles. The van der Waals surface area contributed by atoms with Gasteiger partial charge in [-0.25, -0.2) is 4.79 Å². The first kappa shape index (κ1) is 11.3. The lowest BCUT2D eigenvalue weighted by Gasteiger charge is -2.10. The minimum absolute atomic E-state index is 0.229. The van der Waals surface area contributed by atoms with Crippen molar-refractivity contribution < 1.29 is 23.1 Å². The third-order valence-electron chi connectivity index (χ3n) is 1.82. The first-order valence-electron chi connectivity index (χ1n) is 3.93. The highest BCUT2D eigenvalue weighted by Gasteiger charge is 2.35. The lowest BCUT2D eigenvalue weighted by molar-refractivity contribution is -0.138. The predicted octanol–water partition coefficient (Wildman–Crippen LogP) is 3.05. The van der Waals surface area contributed by atoms with Crippen molar-refractivity contribution in [3.8, 4) is 0 Å². The summed E-state index contributed by atoms with van der Waals surface area (Å²) in [6.45, 7) is 3.31. The molecule has 0 amide bonds. The number of carboxylic acid groups (broad SMARTS) is 1. The van der Waals surface area contributed by atoms with Crippen LogP contribution in [0.15, 0.2) is 24.8 Å². The maximum atomic E-state index is 12.4. The molecule has 0 aliphatic heterocycles. The summed E-state index contributed by atoms with van der Waals surface area (Å²) < 4.78 is 37.3. The highest BCUT2D eigenvalue weighted by Crippen LogP contribution is 2.32. The standard InChI is InChI=1S/C10H7F3O2/c1-2-6-3-4-7(9(14)15)8(5-6)10(11,12)13/h2-5H,1H2,(H,14,15). The van der Waals surface area contributed by atoms with Crippen LogP contribution in [0.2, 0.25) is 0 Å². The molecule has 0 unspecified atom stereocenters. The Morgan fingerprint density at radius 3 is 2.40 bits per heavy atom. The van der Waals surface area contributed by atoms with Crippen molar-refractivity contribution in [2.45, 2.75) is 6.18 Å². The molecule has 0 aliphatic rings. The van der Waals surface area contributed by atoms with E-state index in [2.05, 4.69) is 6.58 Å². The van der Waals surface area contributed by atoms with E-state index in [-0.39, 0.29) is 5.56 Å². The fraction of sp³-hybridized carbons (Fsp3) is 0.100. The minimum atomic E-state index is -4.67. The van der Waals surface area contributed by atoms with Gasteiger partial charge in [0.25, 0.3) is 0 Å². The van der Waals surface area contributed by atoms with Crippen molar-refractivity contribution in [2.75, 3.05) is 0 Å². The minimum Gasteiger partial charge on any atom is -0.478 e. The zero-order valence-corrected chi connectivity index (χ0v) is 7.51. The van der Waals surface area contributed by atoms with Gasteiger partial charge in [0.05, 0.1) is 11.1 Å². The molecule has 0 spiro atoms. The Labute approximate surface area is 83.7 Å². The van der Waals surface area contributed by atoms with Gasteiger partial charge in [0.1, 0.15) is 0 Å². The van der Waals surface area contributed by atoms with Crippen LogP contribution < -0.4 is 0 Å². The van der Waals surface area contributed by atoms with E-state index >= 15 is 0 Å². The molecule has 0 bridgehead atoms. The van der Waals surface area contributed by atoms with Crippen molar-refractivity contribution in [3.63, 3.8) is 0 Å².